The fourth-order valence-corrected chi connectivity index (χ4v) is 3.27. The molecule has 0 bridgehead atoms. The number of rotatable bonds is 1. The van der Waals surface area contributed by atoms with Gasteiger partial charge in [0, 0.05) is 12.3 Å². The highest BCUT2D eigenvalue weighted by Crippen LogP contribution is 2.34. The quantitative estimate of drug-likeness (QED) is 0.504. The second-order valence-corrected chi connectivity index (χ2v) is 5.39. The first kappa shape index (κ1) is 11.8. The van der Waals surface area contributed by atoms with E-state index in [1.807, 2.05) is 0 Å². The molecule has 0 saturated heterocycles. The maximum Gasteiger partial charge on any atom is 0.201 e. The van der Waals surface area contributed by atoms with E-state index in [4.69, 9.17) is 0 Å². The largest absolute Gasteiger partial charge is 0.291 e. The summed E-state index contributed by atoms with van der Waals surface area (Å²) in [6, 6.07) is 0. The van der Waals surface area contributed by atoms with E-state index in [0.717, 1.165) is 19.3 Å². The minimum absolute atomic E-state index is 0.0376. The molecule has 2 heteroatoms. The minimum Gasteiger partial charge on any atom is -0.291 e. The van der Waals surface area contributed by atoms with E-state index < -0.39 is 0 Å². The average Bonchev–Trinajstić information content (AvgIpc) is 2.63. The number of hydrogen-bond acceptors (Lipinski definition) is 2. The standard InChI is InChI=1S/C14H22O2/c15-13-10-6-5-9-12(14(13)16)11-7-3-1-2-4-8-11/h11-12H,1-10H2. The van der Waals surface area contributed by atoms with Crippen molar-refractivity contribution in [3.05, 3.63) is 0 Å². The summed E-state index contributed by atoms with van der Waals surface area (Å²) in [5.41, 5.74) is 0. The Bertz CT molecular complexity index is 262. The van der Waals surface area contributed by atoms with Gasteiger partial charge in [-0.1, -0.05) is 32.1 Å². The number of Topliss-reactive ketones (excluding diaryl/α,β-unsaturated/α-hetero) is 2. The van der Waals surface area contributed by atoms with Crippen molar-refractivity contribution in [2.75, 3.05) is 0 Å². The summed E-state index contributed by atoms with van der Waals surface area (Å²) in [5.74, 6) is 0.460. The van der Waals surface area contributed by atoms with Crippen LogP contribution in [0.3, 0.4) is 0 Å². The van der Waals surface area contributed by atoms with Crippen molar-refractivity contribution in [1.82, 2.24) is 0 Å². The molecule has 0 radical (unpaired) electrons. The van der Waals surface area contributed by atoms with Crippen molar-refractivity contribution in [3.8, 4) is 0 Å². The fourth-order valence-electron chi connectivity index (χ4n) is 3.27. The first-order chi connectivity index (χ1) is 7.79. The van der Waals surface area contributed by atoms with Crippen LogP contribution in [0.4, 0.5) is 0 Å². The summed E-state index contributed by atoms with van der Waals surface area (Å²) < 4.78 is 0. The van der Waals surface area contributed by atoms with Crippen LogP contribution in [0.1, 0.15) is 64.2 Å². The normalized spacial score (nSPS) is 29.9. The number of carbonyl (C=O) groups excluding carboxylic acids is 2. The van der Waals surface area contributed by atoms with E-state index in [-0.39, 0.29) is 17.5 Å². The van der Waals surface area contributed by atoms with Crippen LogP contribution < -0.4 is 0 Å². The fraction of sp³-hybridized carbons (Fsp3) is 0.857. The molecule has 2 rings (SSSR count). The van der Waals surface area contributed by atoms with Crippen LogP contribution in [0.15, 0.2) is 0 Å². The van der Waals surface area contributed by atoms with Crippen molar-refractivity contribution in [2.24, 2.45) is 11.8 Å². The lowest BCUT2D eigenvalue weighted by atomic mass is 9.80. The zero-order valence-electron chi connectivity index (χ0n) is 10.0. The highest BCUT2D eigenvalue weighted by atomic mass is 16.2. The van der Waals surface area contributed by atoms with Crippen molar-refractivity contribution in [1.29, 1.82) is 0 Å². The number of hydrogen-bond donors (Lipinski definition) is 0. The summed E-state index contributed by atoms with van der Waals surface area (Å²) >= 11 is 0. The predicted molar refractivity (Wildman–Crippen MR) is 63.2 cm³/mol. The van der Waals surface area contributed by atoms with E-state index in [1.165, 1.54) is 38.5 Å². The van der Waals surface area contributed by atoms with Crippen molar-refractivity contribution < 1.29 is 9.59 Å². The van der Waals surface area contributed by atoms with Crippen LogP contribution in [-0.4, -0.2) is 11.6 Å². The minimum atomic E-state index is -0.0910. The highest BCUT2D eigenvalue weighted by Gasteiger charge is 2.33. The van der Waals surface area contributed by atoms with Gasteiger partial charge in [0.15, 0.2) is 5.78 Å². The summed E-state index contributed by atoms with van der Waals surface area (Å²) in [7, 11) is 0. The van der Waals surface area contributed by atoms with Gasteiger partial charge in [-0.3, -0.25) is 9.59 Å². The SMILES string of the molecule is O=C1CCCCC(C2CCCCCC2)C1=O. The van der Waals surface area contributed by atoms with E-state index in [1.54, 1.807) is 0 Å². The number of ketones is 2. The van der Waals surface area contributed by atoms with E-state index in [0.29, 0.717) is 12.3 Å². The van der Waals surface area contributed by atoms with Crippen LogP contribution in [0.25, 0.3) is 0 Å². The first-order valence-electron chi connectivity index (χ1n) is 6.86. The van der Waals surface area contributed by atoms with Gasteiger partial charge in [0.05, 0.1) is 0 Å². The average molecular weight is 222 g/mol. The lowest BCUT2D eigenvalue weighted by molar-refractivity contribution is -0.139. The molecule has 16 heavy (non-hydrogen) atoms. The van der Waals surface area contributed by atoms with Crippen molar-refractivity contribution in [3.63, 3.8) is 0 Å². The topological polar surface area (TPSA) is 34.1 Å². The molecule has 0 aliphatic heterocycles. The molecule has 2 nitrogen and oxygen atoms in total. The van der Waals surface area contributed by atoms with Crippen LogP contribution in [0.2, 0.25) is 0 Å². The van der Waals surface area contributed by atoms with Crippen LogP contribution in [-0.2, 0) is 9.59 Å². The summed E-state index contributed by atoms with van der Waals surface area (Å²) in [6.45, 7) is 0. The molecular weight excluding hydrogens is 200 g/mol. The van der Waals surface area contributed by atoms with Crippen LogP contribution >= 0.6 is 0 Å². The van der Waals surface area contributed by atoms with Gasteiger partial charge in [-0.25, -0.2) is 0 Å². The lowest BCUT2D eigenvalue weighted by Crippen LogP contribution is -2.28. The zero-order chi connectivity index (χ0) is 11.4. The molecule has 2 aliphatic rings. The van der Waals surface area contributed by atoms with Gasteiger partial charge in [0.2, 0.25) is 5.78 Å². The Hall–Kier alpha value is -0.660. The second-order valence-electron chi connectivity index (χ2n) is 5.39. The zero-order valence-corrected chi connectivity index (χ0v) is 10.0. The summed E-state index contributed by atoms with van der Waals surface area (Å²) in [4.78, 5) is 23.6. The maximum atomic E-state index is 12.0. The number of carbonyl (C=O) groups is 2. The third-order valence-electron chi connectivity index (χ3n) is 4.25. The van der Waals surface area contributed by atoms with E-state index in [9.17, 15) is 9.59 Å². The molecule has 0 aromatic carbocycles. The smallest absolute Gasteiger partial charge is 0.201 e. The monoisotopic (exact) mass is 222 g/mol. The Morgan fingerprint density at radius 1 is 0.750 bits per heavy atom. The lowest BCUT2D eigenvalue weighted by Gasteiger charge is -2.22. The van der Waals surface area contributed by atoms with Gasteiger partial charge < -0.3 is 0 Å². The second kappa shape index (κ2) is 5.60. The molecule has 0 N–H and O–H groups in total. The molecule has 0 heterocycles. The summed E-state index contributed by atoms with van der Waals surface area (Å²) in [6.07, 6.45) is 10.9. The molecule has 2 aliphatic carbocycles. The van der Waals surface area contributed by atoms with Gasteiger partial charge in [-0.15, -0.1) is 0 Å². The van der Waals surface area contributed by atoms with E-state index in [2.05, 4.69) is 0 Å². The maximum absolute atomic E-state index is 12.0. The third kappa shape index (κ3) is 2.72. The summed E-state index contributed by atoms with van der Waals surface area (Å²) in [5, 5.41) is 0. The molecule has 0 aromatic heterocycles. The molecule has 2 fully saturated rings. The molecule has 1 atom stereocenters. The molecule has 90 valence electrons. The van der Waals surface area contributed by atoms with Gasteiger partial charge in [0.25, 0.3) is 0 Å². The van der Waals surface area contributed by atoms with Crippen molar-refractivity contribution >= 4 is 11.6 Å². The third-order valence-corrected chi connectivity index (χ3v) is 4.25. The van der Waals surface area contributed by atoms with Gasteiger partial charge in [0.1, 0.15) is 0 Å². The molecule has 1 unspecified atom stereocenters. The predicted octanol–water partition coefficient (Wildman–Crippen LogP) is 3.29. The Balaban J connectivity index is 2.04. The first-order valence-corrected chi connectivity index (χ1v) is 6.86. The van der Waals surface area contributed by atoms with Gasteiger partial charge >= 0.3 is 0 Å². The Kier molecular flexibility index (Phi) is 4.14. The highest BCUT2D eigenvalue weighted by molar-refractivity contribution is 6.38. The Morgan fingerprint density at radius 3 is 2.06 bits per heavy atom. The van der Waals surface area contributed by atoms with Crippen molar-refractivity contribution in [2.45, 2.75) is 64.2 Å². The Morgan fingerprint density at radius 2 is 1.38 bits per heavy atom. The molecule has 0 amide bonds. The van der Waals surface area contributed by atoms with Crippen LogP contribution in [0, 0.1) is 11.8 Å². The van der Waals surface area contributed by atoms with Crippen LogP contribution in [0.5, 0.6) is 0 Å². The molecule has 2 saturated carbocycles. The molecule has 0 spiro atoms. The van der Waals surface area contributed by atoms with Gasteiger partial charge in [-0.05, 0) is 31.6 Å². The van der Waals surface area contributed by atoms with E-state index >= 15 is 0 Å². The molecular formula is C14H22O2. The Labute approximate surface area is 97.8 Å². The molecule has 0 aromatic rings. The van der Waals surface area contributed by atoms with Gasteiger partial charge in [-0.2, -0.15) is 0 Å².